The fourth-order valence-corrected chi connectivity index (χ4v) is 2.06. The Hall–Kier alpha value is -1.62. The number of ether oxygens (including phenoxy) is 1. The van der Waals surface area contributed by atoms with Crippen LogP contribution in [-0.2, 0) is 0 Å². The van der Waals surface area contributed by atoms with Gasteiger partial charge in [0.05, 0.1) is 17.1 Å². The van der Waals surface area contributed by atoms with Crippen molar-refractivity contribution in [3.05, 3.63) is 33.9 Å². The van der Waals surface area contributed by atoms with Gasteiger partial charge in [-0.2, -0.15) is 0 Å². The van der Waals surface area contributed by atoms with Crippen LogP contribution in [0.1, 0.15) is 18.4 Å². The predicted octanol–water partition coefficient (Wildman–Crippen LogP) is 2.02. The molecule has 0 heterocycles. The van der Waals surface area contributed by atoms with Gasteiger partial charge in [-0.15, -0.1) is 0 Å². The number of non-ortho nitro benzene ring substituents is 1. The highest BCUT2D eigenvalue weighted by Crippen LogP contribution is 2.32. The van der Waals surface area contributed by atoms with Crippen molar-refractivity contribution in [1.82, 2.24) is 0 Å². The summed E-state index contributed by atoms with van der Waals surface area (Å²) in [4.78, 5) is 10.3. The second-order valence-electron chi connectivity index (χ2n) is 4.57. The van der Waals surface area contributed by atoms with E-state index in [9.17, 15) is 10.1 Å². The van der Waals surface area contributed by atoms with Crippen molar-refractivity contribution >= 4 is 5.69 Å². The number of nitrogens with zero attached hydrogens (tertiary/aromatic N) is 1. The monoisotopic (exact) mass is 236 g/mol. The standard InChI is InChI=1S/C12H16N2O3/c1-8-2-10(14(15)16)6-11(3-8)17-12-4-9(5-12)7-13/h2-3,6,9,12H,4-5,7,13H2,1H3. The molecular weight excluding hydrogens is 220 g/mol. The number of nitro groups is 1. The van der Waals surface area contributed by atoms with Gasteiger partial charge in [-0.25, -0.2) is 0 Å². The Morgan fingerprint density at radius 1 is 1.47 bits per heavy atom. The van der Waals surface area contributed by atoms with Gasteiger partial charge in [0.2, 0.25) is 0 Å². The minimum Gasteiger partial charge on any atom is -0.490 e. The summed E-state index contributed by atoms with van der Waals surface area (Å²) in [5, 5.41) is 10.7. The van der Waals surface area contributed by atoms with Crippen LogP contribution in [0.3, 0.4) is 0 Å². The number of nitrogens with two attached hydrogens (primary N) is 1. The molecule has 2 N–H and O–H groups in total. The first-order chi connectivity index (χ1) is 8.08. The molecule has 1 fully saturated rings. The van der Waals surface area contributed by atoms with E-state index in [2.05, 4.69) is 0 Å². The smallest absolute Gasteiger partial charge is 0.273 e. The third-order valence-corrected chi connectivity index (χ3v) is 3.07. The Kier molecular flexibility index (Phi) is 3.28. The molecule has 1 aliphatic rings. The summed E-state index contributed by atoms with van der Waals surface area (Å²) in [5.74, 6) is 1.12. The van der Waals surface area contributed by atoms with Crippen LogP contribution in [0.15, 0.2) is 18.2 Å². The van der Waals surface area contributed by atoms with Crippen molar-refractivity contribution in [3.63, 3.8) is 0 Å². The third kappa shape index (κ3) is 2.74. The average Bonchev–Trinajstić information content (AvgIpc) is 2.21. The Balaban J connectivity index is 2.04. The van der Waals surface area contributed by atoms with E-state index in [1.165, 1.54) is 12.1 Å². The lowest BCUT2D eigenvalue weighted by atomic mass is 9.82. The number of nitro benzene ring substituents is 1. The Bertz CT molecular complexity index is 428. The van der Waals surface area contributed by atoms with Crippen LogP contribution in [-0.4, -0.2) is 17.6 Å². The van der Waals surface area contributed by atoms with Crippen LogP contribution >= 0.6 is 0 Å². The Morgan fingerprint density at radius 3 is 2.76 bits per heavy atom. The summed E-state index contributed by atoms with van der Waals surface area (Å²) in [7, 11) is 0. The maximum Gasteiger partial charge on any atom is 0.273 e. The first-order valence-electron chi connectivity index (χ1n) is 5.71. The topological polar surface area (TPSA) is 78.4 Å². The zero-order valence-corrected chi connectivity index (χ0v) is 9.76. The second-order valence-corrected chi connectivity index (χ2v) is 4.57. The quantitative estimate of drug-likeness (QED) is 0.640. The maximum atomic E-state index is 10.7. The number of aryl methyl sites for hydroxylation is 1. The van der Waals surface area contributed by atoms with Gasteiger partial charge in [0.1, 0.15) is 5.75 Å². The van der Waals surface area contributed by atoms with Gasteiger partial charge in [0.25, 0.3) is 5.69 Å². The van der Waals surface area contributed by atoms with Crippen molar-refractivity contribution in [2.24, 2.45) is 11.7 Å². The van der Waals surface area contributed by atoms with E-state index in [0.717, 1.165) is 18.4 Å². The molecule has 1 aliphatic carbocycles. The zero-order valence-electron chi connectivity index (χ0n) is 9.76. The molecule has 1 aromatic rings. The Morgan fingerprint density at radius 2 is 2.18 bits per heavy atom. The molecule has 1 saturated carbocycles. The van der Waals surface area contributed by atoms with Crippen LogP contribution in [0.2, 0.25) is 0 Å². The lowest BCUT2D eigenvalue weighted by Gasteiger charge is -2.34. The molecule has 0 saturated heterocycles. The van der Waals surface area contributed by atoms with E-state index in [0.29, 0.717) is 18.2 Å². The van der Waals surface area contributed by atoms with E-state index >= 15 is 0 Å². The molecule has 0 aromatic heterocycles. The molecule has 0 unspecified atom stereocenters. The van der Waals surface area contributed by atoms with Gasteiger partial charge in [-0.1, -0.05) is 0 Å². The van der Waals surface area contributed by atoms with E-state index in [-0.39, 0.29) is 11.8 Å². The maximum absolute atomic E-state index is 10.7. The van der Waals surface area contributed by atoms with Crippen molar-refractivity contribution in [2.75, 3.05) is 6.54 Å². The number of hydrogen-bond acceptors (Lipinski definition) is 4. The number of hydrogen-bond donors (Lipinski definition) is 1. The van der Waals surface area contributed by atoms with Gasteiger partial charge in [-0.3, -0.25) is 10.1 Å². The van der Waals surface area contributed by atoms with Crippen molar-refractivity contribution in [2.45, 2.75) is 25.9 Å². The molecule has 0 aliphatic heterocycles. The van der Waals surface area contributed by atoms with Crippen LogP contribution in [0.5, 0.6) is 5.75 Å². The summed E-state index contributed by atoms with van der Waals surface area (Å²) in [5.41, 5.74) is 6.45. The molecule has 5 heteroatoms. The molecule has 0 spiro atoms. The van der Waals surface area contributed by atoms with Gasteiger partial charge in [0, 0.05) is 6.07 Å². The van der Waals surface area contributed by atoms with Crippen molar-refractivity contribution < 1.29 is 9.66 Å². The predicted molar refractivity (Wildman–Crippen MR) is 64.0 cm³/mol. The van der Waals surface area contributed by atoms with E-state index < -0.39 is 4.92 Å². The number of benzene rings is 1. The highest BCUT2D eigenvalue weighted by Gasteiger charge is 2.29. The Labute approximate surface area is 99.7 Å². The van der Waals surface area contributed by atoms with Gasteiger partial charge in [0.15, 0.2) is 0 Å². The molecule has 0 radical (unpaired) electrons. The summed E-state index contributed by atoms with van der Waals surface area (Å²) >= 11 is 0. The summed E-state index contributed by atoms with van der Waals surface area (Å²) in [6.45, 7) is 2.51. The van der Waals surface area contributed by atoms with Crippen LogP contribution in [0.25, 0.3) is 0 Å². The molecule has 0 atom stereocenters. The fraction of sp³-hybridized carbons (Fsp3) is 0.500. The molecular formula is C12H16N2O3. The first-order valence-corrected chi connectivity index (χ1v) is 5.71. The molecule has 92 valence electrons. The van der Waals surface area contributed by atoms with E-state index in [1.54, 1.807) is 0 Å². The molecule has 17 heavy (non-hydrogen) atoms. The van der Waals surface area contributed by atoms with Gasteiger partial charge < -0.3 is 10.5 Å². The highest BCUT2D eigenvalue weighted by atomic mass is 16.6. The average molecular weight is 236 g/mol. The summed E-state index contributed by atoms with van der Waals surface area (Å²) < 4.78 is 5.69. The van der Waals surface area contributed by atoms with Crippen molar-refractivity contribution in [3.8, 4) is 5.75 Å². The molecule has 1 aromatic carbocycles. The van der Waals surface area contributed by atoms with E-state index in [4.69, 9.17) is 10.5 Å². The molecule has 0 amide bonds. The largest absolute Gasteiger partial charge is 0.490 e. The SMILES string of the molecule is Cc1cc(OC2CC(CN)C2)cc([N+](=O)[O-])c1. The zero-order chi connectivity index (χ0) is 12.4. The second kappa shape index (κ2) is 4.71. The minimum absolute atomic E-state index is 0.0784. The normalized spacial score (nSPS) is 22.9. The molecule has 5 nitrogen and oxygen atoms in total. The van der Waals surface area contributed by atoms with Crippen LogP contribution < -0.4 is 10.5 Å². The minimum atomic E-state index is -0.399. The highest BCUT2D eigenvalue weighted by molar-refractivity contribution is 5.42. The summed E-state index contributed by atoms with van der Waals surface area (Å²) in [6.07, 6.45) is 2.04. The summed E-state index contributed by atoms with van der Waals surface area (Å²) in [6, 6.07) is 4.84. The number of rotatable bonds is 4. The first kappa shape index (κ1) is 11.9. The van der Waals surface area contributed by atoms with Crippen LogP contribution in [0.4, 0.5) is 5.69 Å². The van der Waals surface area contributed by atoms with Gasteiger partial charge in [-0.05, 0) is 43.9 Å². The third-order valence-electron chi connectivity index (χ3n) is 3.07. The lowest BCUT2D eigenvalue weighted by Crippen LogP contribution is -2.37. The molecule has 0 bridgehead atoms. The lowest BCUT2D eigenvalue weighted by molar-refractivity contribution is -0.385. The fourth-order valence-electron chi connectivity index (χ4n) is 2.06. The molecule has 2 rings (SSSR count). The van der Waals surface area contributed by atoms with E-state index in [1.807, 2.05) is 13.0 Å². The van der Waals surface area contributed by atoms with Crippen molar-refractivity contribution in [1.29, 1.82) is 0 Å². The van der Waals surface area contributed by atoms with Gasteiger partial charge >= 0.3 is 0 Å². The van der Waals surface area contributed by atoms with Crippen LogP contribution in [0, 0.1) is 23.0 Å².